The van der Waals surface area contributed by atoms with Crippen LogP contribution in [0.1, 0.15) is 68.0 Å². The van der Waals surface area contributed by atoms with E-state index in [9.17, 15) is 9.59 Å². The van der Waals surface area contributed by atoms with E-state index >= 15 is 0 Å². The molecule has 0 bridgehead atoms. The maximum Gasteiger partial charge on any atom is 0.242 e. The van der Waals surface area contributed by atoms with Crippen molar-refractivity contribution in [3.63, 3.8) is 0 Å². The molecule has 0 N–H and O–H groups in total. The van der Waals surface area contributed by atoms with Crippen LogP contribution in [0, 0.1) is 0 Å². The molecule has 8 heteroatoms. The maximum absolute atomic E-state index is 13.7. The molecule has 2 aromatic rings. The van der Waals surface area contributed by atoms with Crippen molar-refractivity contribution in [2.75, 3.05) is 32.8 Å². The van der Waals surface area contributed by atoms with E-state index in [1.165, 1.54) is 4.88 Å². The van der Waals surface area contributed by atoms with Gasteiger partial charge in [-0.2, -0.15) is 0 Å². The zero-order valence-electron chi connectivity index (χ0n) is 20.0. The first kappa shape index (κ1) is 27.0. The summed E-state index contributed by atoms with van der Waals surface area (Å²) in [4.78, 5) is 31.5. The van der Waals surface area contributed by atoms with E-state index < -0.39 is 0 Å². The van der Waals surface area contributed by atoms with Crippen molar-refractivity contribution < 1.29 is 14.3 Å². The third-order valence-corrected chi connectivity index (χ3v) is 7.70. The van der Waals surface area contributed by atoms with Crippen molar-refractivity contribution in [2.24, 2.45) is 0 Å². The highest BCUT2D eigenvalue weighted by Crippen LogP contribution is 2.41. The molecular weight excluding hydrogens is 491 g/mol. The Labute approximate surface area is 217 Å². The monoisotopic (exact) mass is 524 g/mol. The van der Waals surface area contributed by atoms with Crippen molar-refractivity contribution in [1.29, 1.82) is 0 Å². The lowest BCUT2D eigenvalue weighted by molar-refractivity contribution is -0.142. The first-order valence-electron chi connectivity index (χ1n) is 12.1. The number of ether oxygens (including phenoxy) is 1. The van der Waals surface area contributed by atoms with Gasteiger partial charge in [0.1, 0.15) is 0 Å². The summed E-state index contributed by atoms with van der Waals surface area (Å²) in [6.07, 6.45) is 4.89. The Hall–Kier alpha value is -1.60. The Kier molecular flexibility index (Phi) is 10.7. The van der Waals surface area contributed by atoms with Crippen LogP contribution >= 0.6 is 34.5 Å². The van der Waals surface area contributed by atoms with E-state index in [1.807, 2.05) is 24.0 Å². The largest absolute Gasteiger partial charge is 0.382 e. The van der Waals surface area contributed by atoms with Gasteiger partial charge in [0.05, 0.1) is 12.6 Å². The number of fused-ring (bicyclic) bond motifs is 1. The summed E-state index contributed by atoms with van der Waals surface area (Å²) in [6.45, 7) is 6.46. The van der Waals surface area contributed by atoms with Gasteiger partial charge in [-0.05, 0) is 60.9 Å². The summed E-state index contributed by atoms with van der Waals surface area (Å²) in [5.41, 5.74) is 1.96. The molecule has 2 heterocycles. The number of amides is 2. The predicted octanol–water partition coefficient (Wildman–Crippen LogP) is 6.36. The minimum atomic E-state index is -0.285. The number of carbonyl (C=O) groups excluding carboxylic acids is 2. The average Bonchev–Trinajstić information content (AvgIpc) is 3.30. The molecule has 1 aliphatic rings. The molecule has 0 spiro atoms. The molecule has 1 aromatic carbocycles. The van der Waals surface area contributed by atoms with Crippen LogP contribution in [0.2, 0.25) is 10.0 Å². The average molecular weight is 526 g/mol. The van der Waals surface area contributed by atoms with Crippen molar-refractivity contribution >= 4 is 46.4 Å². The van der Waals surface area contributed by atoms with Gasteiger partial charge < -0.3 is 14.5 Å². The van der Waals surface area contributed by atoms with E-state index in [-0.39, 0.29) is 24.4 Å². The molecule has 0 fully saturated rings. The fourth-order valence-corrected chi connectivity index (χ4v) is 5.79. The number of hydrogen-bond acceptors (Lipinski definition) is 4. The Morgan fingerprint density at radius 1 is 1.15 bits per heavy atom. The van der Waals surface area contributed by atoms with Crippen LogP contribution in [-0.4, -0.2) is 54.5 Å². The zero-order chi connectivity index (χ0) is 24.5. The Bertz CT molecular complexity index is 965. The Morgan fingerprint density at radius 3 is 2.71 bits per heavy atom. The van der Waals surface area contributed by atoms with Crippen LogP contribution in [0.3, 0.4) is 0 Å². The van der Waals surface area contributed by atoms with Crippen LogP contribution < -0.4 is 0 Å². The van der Waals surface area contributed by atoms with Gasteiger partial charge in [-0.3, -0.25) is 9.59 Å². The third-order valence-electron chi connectivity index (χ3n) is 6.14. The molecule has 1 aliphatic heterocycles. The number of benzene rings is 1. The summed E-state index contributed by atoms with van der Waals surface area (Å²) < 4.78 is 5.45. The molecule has 2 amide bonds. The molecule has 0 saturated heterocycles. The number of unbranched alkanes of at least 4 members (excludes halogenated alkanes) is 2. The third kappa shape index (κ3) is 6.97. The van der Waals surface area contributed by atoms with Gasteiger partial charge in [0, 0.05) is 47.6 Å². The molecule has 3 rings (SSSR count). The van der Waals surface area contributed by atoms with E-state index in [0.29, 0.717) is 49.2 Å². The molecular formula is C26H34Cl2N2O3S. The second-order valence-electron chi connectivity index (χ2n) is 8.53. The van der Waals surface area contributed by atoms with Crippen LogP contribution in [0.25, 0.3) is 0 Å². The molecule has 0 radical (unpaired) electrons. The van der Waals surface area contributed by atoms with E-state index in [2.05, 4.69) is 18.4 Å². The zero-order valence-corrected chi connectivity index (χ0v) is 22.4. The number of halogens is 2. The van der Waals surface area contributed by atoms with Gasteiger partial charge in [0.2, 0.25) is 11.8 Å². The van der Waals surface area contributed by atoms with Crippen molar-refractivity contribution in [3.05, 3.63) is 55.7 Å². The highest BCUT2D eigenvalue weighted by molar-refractivity contribution is 7.10. The minimum absolute atomic E-state index is 0.0348. The lowest BCUT2D eigenvalue weighted by atomic mass is 9.93. The fourth-order valence-electron chi connectivity index (χ4n) is 4.38. The normalized spacial score (nSPS) is 15.3. The topological polar surface area (TPSA) is 49.9 Å². The molecule has 0 saturated carbocycles. The summed E-state index contributed by atoms with van der Waals surface area (Å²) in [5.74, 6) is -0.0271. The van der Waals surface area contributed by atoms with Crippen LogP contribution in [0.15, 0.2) is 29.6 Å². The van der Waals surface area contributed by atoms with Crippen LogP contribution in [-0.2, 0) is 20.7 Å². The first-order valence-corrected chi connectivity index (χ1v) is 13.8. The molecule has 34 heavy (non-hydrogen) atoms. The van der Waals surface area contributed by atoms with Gasteiger partial charge in [-0.25, -0.2) is 0 Å². The summed E-state index contributed by atoms with van der Waals surface area (Å²) in [5, 5.41) is 3.16. The molecule has 1 unspecified atom stereocenters. The predicted molar refractivity (Wildman–Crippen MR) is 140 cm³/mol. The number of hydrogen-bond donors (Lipinski definition) is 0. The standard InChI is InChI=1S/C26H34Cl2N2O3S/c1-3-5-6-8-24(31)29(13-7-15-33-4-2)18-25(32)30-14-11-23-21(12-16-34-23)26(30)20-10-9-19(27)17-22(20)28/h9-10,12,16-17,26H,3-8,11,13-15,18H2,1-2H3. The summed E-state index contributed by atoms with van der Waals surface area (Å²) in [6, 6.07) is 7.22. The molecule has 5 nitrogen and oxygen atoms in total. The first-order chi connectivity index (χ1) is 16.5. The second-order valence-corrected chi connectivity index (χ2v) is 10.4. The lowest BCUT2D eigenvalue weighted by Gasteiger charge is -2.38. The second kappa shape index (κ2) is 13.5. The minimum Gasteiger partial charge on any atom is -0.382 e. The summed E-state index contributed by atoms with van der Waals surface area (Å²) >= 11 is 14.4. The van der Waals surface area contributed by atoms with Crippen LogP contribution in [0.4, 0.5) is 0 Å². The van der Waals surface area contributed by atoms with Crippen LogP contribution in [0.5, 0.6) is 0 Å². The highest BCUT2D eigenvalue weighted by atomic mass is 35.5. The van der Waals surface area contributed by atoms with Gasteiger partial charge in [-0.1, -0.05) is 49.0 Å². The van der Waals surface area contributed by atoms with E-state index in [4.69, 9.17) is 27.9 Å². The fraction of sp³-hybridized carbons (Fsp3) is 0.538. The SMILES string of the molecule is CCCCCC(=O)N(CCCOCC)CC(=O)N1CCc2sccc2C1c1ccc(Cl)cc1Cl. The number of thiophene rings is 1. The van der Waals surface area contributed by atoms with Gasteiger partial charge >= 0.3 is 0 Å². The maximum atomic E-state index is 13.7. The number of nitrogens with zero attached hydrogens (tertiary/aromatic N) is 2. The molecule has 0 aliphatic carbocycles. The summed E-state index contributed by atoms with van der Waals surface area (Å²) in [7, 11) is 0. The van der Waals surface area contributed by atoms with Crippen molar-refractivity contribution in [1.82, 2.24) is 9.80 Å². The highest BCUT2D eigenvalue weighted by Gasteiger charge is 2.35. The lowest BCUT2D eigenvalue weighted by Crippen LogP contribution is -2.47. The molecule has 186 valence electrons. The smallest absolute Gasteiger partial charge is 0.242 e. The number of rotatable bonds is 12. The Morgan fingerprint density at radius 2 is 1.97 bits per heavy atom. The quantitative estimate of drug-likeness (QED) is 0.303. The molecule has 1 atom stereocenters. The molecule has 1 aromatic heterocycles. The van der Waals surface area contributed by atoms with E-state index in [0.717, 1.165) is 36.8 Å². The van der Waals surface area contributed by atoms with Crippen molar-refractivity contribution in [3.8, 4) is 0 Å². The van der Waals surface area contributed by atoms with Crippen molar-refractivity contribution in [2.45, 2.75) is 58.4 Å². The Balaban J connectivity index is 1.81. The van der Waals surface area contributed by atoms with Gasteiger partial charge in [-0.15, -0.1) is 11.3 Å². The number of carbonyl (C=O) groups is 2. The van der Waals surface area contributed by atoms with Gasteiger partial charge in [0.25, 0.3) is 0 Å². The van der Waals surface area contributed by atoms with E-state index in [1.54, 1.807) is 22.3 Å². The van der Waals surface area contributed by atoms with Gasteiger partial charge in [0.15, 0.2) is 0 Å².